The van der Waals surface area contributed by atoms with Gasteiger partial charge in [0.15, 0.2) is 0 Å². The van der Waals surface area contributed by atoms with Crippen molar-refractivity contribution in [1.82, 2.24) is 0 Å². The lowest BCUT2D eigenvalue weighted by Gasteiger charge is -2.07. The number of nitrogens with two attached hydrogens (primary N) is 2. The summed E-state index contributed by atoms with van der Waals surface area (Å²) in [6.07, 6.45) is 2.59. The van der Waals surface area contributed by atoms with Crippen LogP contribution >= 0.6 is 0 Å². The Hall–Kier alpha value is -2.75. The van der Waals surface area contributed by atoms with Crippen LogP contribution in [0.2, 0.25) is 0 Å². The molecule has 2 aromatic rings. The van der Waals surface area contributed by atoms with E-state index in [1.807, 2.05) is 37.3 Å². The fourth-order valence-electron chi connectivity index (χ4n) is 2.15. The fraction of sp³-hybridized carbons (Fsp3) is 0.118. The molecule has 21 heavy (non-hydrogen) atoms. The molecule has 0 heterocycles. The molecule has 0 fully saturated rings. The maximum absolute atomic E-state index is 9.91. The highest BCUT2D eigenvalue weighted by Crippen LogP contribution is 2.23. The lowest BCUT2D eigenvalue weighted by atomic mass is 10.0. The van der Waals surface area contributed by atoms with E-state index in [1.165, 1.54) is 0 Å². The third-order valence-corrected chi connectivity index (χ3v) is 3.26. The monoisotopic (exact) mass is 281 g/mol. The minimum Gasteiger partial charge on any atom is -0.507 e. The molecule has 0 saturated carbocycles. The Labute approximate surface area is 124 Å². The second-order valence-corrected chi connectivity index (χ2v) is 5.05. The van der Waals surface area contributed by atoms with Crippen molar-refractivity contribution in [2.75, 3.05) is 5.73 Å². The molecule has 4 heteroatoms. The van der Waals surface area contributed by atoms with Crippen LogP contribution in [-0.2, 0) is 6.42 Å². The van der Waals surface area contributed by atoms with E-state index >= 15 is 0 Å². The summed E-state index contributed by atoms with van der Waals surface area (Å²) in [5.41, 5.74) is 15.5. The van der Waals surface area contributed by atoms with Gasteiger partial charge < -0.3 is 16.6 Å². The molecule has 0 saturated heterocycles. The van der Waals surface area contributed by atoms with Gasteiger partial charge in [-0.2, -0.15) is 0 Å². The third kappa shape index (κ3) is 3.63. The van der Waals surface area contributed by atoms with E-state index in [0.29, 0.717) is 17.5 Å². The molecule has 0 unspecified atom stereocenters. The molecule has 0 aliphatic carbocycles. The van der Waals surface area contributed by atoms with E-state index in [9.17, 15) is 5.11 Å². The summed E-state index contributed by atoms with van der Waals surface area (Å²) in [5.74, 6) is 0.148. The van der Waals surface area contributed by atoms with Gasteiger partial charge in [0.2, 0.25) is 0 Å². The maximum atomic E-state index is 9.91. The quantitative estimate of drug-likeness (QED) is 0.394. The Bertz CT molecular complexity index is 705. The van der Waals surface area contributed by atoms with Gasteiger partial charge in [-0.15, -0.1) is 0 Å². The Morgan fingerprint density at radius 1 is 1.24 bits per heavy atom. The summed E-state index contributed by atoms with van der Waals surface area (Å²) in [6, 6.07) is 12.6. The number of para-hydroxylation sites is 1. The van der Waals surface area contributed by atoms with Crippen LogP contribution in [0.5, 0.6) is 5.75 Å². The molecule has 4 nitrogen and oxygen atoms in total. The van der Waals surface area contributed by atoms with Crippen LogP contribution in [0, 0.1) is 5.41 Å². The second kappa shape index (κ2) is 6.13. The van der Waals surface area contributed by atoms with Crippen molar-refractivity contribution < 1.29 is 5.11 Å². The number of allylic oxidation sites excluding steroid dienone is 1. The van der Waals surface area contributed by atoms with Crippen LogP contribution in [0.4, 0.5) is 5.69 Å². The van der Waals surface area contributed by atoms with Crippen molar-refractivity contribution in [3.63, 3.8) is 0 Å². The number of hydrogen-bond donors (Lipinski definition) is 4. The number of nitrogen functional groups attached to an aromatic ring is 2. The first kappa shape index (κ1) is 14.7. The summed E-state index contributed by atoms with van der Waals surface area (Å²) in [7, 11) is 0. The van der Waals surface area contributed by atoms with Crippen molar-refractivity contribution in [2.45, 2.75) is 13.3 Å². The van der Waals surface area contributed by atoms with Gasteiger partial charge in [0.1, 0.15) is 11.6 Å². The van der Waals surface area contributed by atoms with Gasteiger partial charge in [0.25, 0.3) is 0 Å². The van der Waals surface area contributed by atoms with Crippen LogP contribution in [0.15, 0.2) is 48.0 Å². The summed E-state index contributed by atoms with van der Waals surface area (Å²) < 4.78 is 0. The molecule has 0 spiro atoms. The molecule has 2 rings (SSSR count). The number of phenols is 1. The molecule has 0 amide bonds. The first-order valence-corrected chi connectivity index (χ1v) is 6.65. The number of anilines is 1. The van der Waals surface area contributed by atoms with Gasteiger partial charge in [0, 0.05) is 16.8 Å². The average Bonchev–Trinajstić information content (AvgIpc) is 2.43. The predicted octanol–water partition coefficient (Wildman–Crippen LogP) is 2.90. The van der Waals surface area contributed by atoms with Crippen molar-refractivity contribution in [2.24, 2.45) is 5.73 Å². The van der Waals surface area contributed by atoms with Crippen LogP contribution in [0.3, 0.4) is 0 Å². The SMILES string of the molecule is C/C(=C\c1cc(C(=N)N)ccc1O)Cc1ccccc1N. The second-order valence-electron chi connectivity index (χ2n) is 5.05. The van der Waals surface area contributed by atoms with E-state index in [-0.39, 0.29) is 11.6 Å². The molecular formula is C17H19N3O. The minimum atomic E-state index is -0.0189. The largest absolute Gasteiger partial charge is 0.507 e. The molecule has 0 aliphatic rings. The summed E-state index contributed by atoms with van der Waals surface area (Å²) in [5, 5.41) is 17.4. The topological polar surface area (TPSA) is 96.1 Å². The number of benzene rings is 2. The lowest BCUT2D eigenvalue weighted by Crippen LogP contribution is -2.10. The third-order valence-electron chi connectivity index (χ3n) is 3.26. The molecule has 0 aromatic heterocycles. The van der Waals surface area contributed by atoms with Crippen molar-refractivity contribution in [1.29, 1.82) is 5.41 Å². The molecule has 0 radical (unpaired) electrons. The zero-order valence-electron chi connectivity index (χ0n) is 11.9. The van der Waals surface area contributed by atoms with E-state index in [4.69, 9.17) is 16.9 Å². The first-order valence-electron chi connectivity index (χ1n) is 6.65. The highest BCUT2D eigenvalue weighted by Gasteiger charge is 2.04. The summed E-state index contributed by atoms with van der Waals surface area (Å²) >= 11 is 0. The van der Waals surface area contributed by atoms with E-state index < -0.39 is 0 Å². The Morgan fingerprint density at radius 3 is 2.62 bits per heavy atom. The Balaban J connectivity index is 2.29. The molecule has 0 aliphatic heterocycles. The molecule has 0 bridgehead atoms. The van der Waals surface area contributed by atoms with Crippen LogP contribution in [-0.4, -0.2) is 10.9 Å². The highest BCUT2D eigenvalue weighted by molar-refractivity contribution is 5.95. The fourth-order valence-corrected chi connectivity index (χ4v) is 2.15. The first-order chi connectivity index (χ1) is 9.97. The van der Waals surface area contributed by atoms with E-state index in [1.54, 1.807) is 18.2 Å². The Morgan fingerprint density at radius 2 is 1.95 bits per heavy atom. The number of aromatic hydroxyl groups is 1. The molecule has 0 atom stereocenters. The predicted molar refractivity (Wildman–Crippen MR) is 87.3 cm³/mol. The Kier molecular flexibility index (Phi) is 4.28. The number of nitrogens with one attached hydrogen (secondary N) is 1. The zero-order chi connectivity index (χ0) is 15.4. The van der Waals surface area contributed by atoms with Crippen LogP contribution < -0.4 is 11.5 Å². The summed E-state index contributed by atoms with van der Waals surface area (Å²) in [6.45, 7) is 1.98. The lowest BCUT2D eigenvalue weighted by molar-refractivity contribution is 0.474. The number of rotatable bonds is 4. The number of phenolic OH excluding ortho intramolecular Hbond substituents is 1. The molecule has 2 aromatic carbocycles. The minimum absolute atomic E-state index is 0.0189. The standard InChI is InChI=1S/C17H19N3O/c1-11(8-12-4-2-3-5-15(12)18)9-14-10-13(17(19)20)6-7-16(14)21/h2-7,9-10,21H,8,18H2,1H3,(H3,19,20)/b11-9+. The van der Waals surface area contributed by atoms with Crippen LogP contribution in [0.1, 0.15) is 23.6 Å². The molecule has 108 valence electrons. The van der Waals surface area contributed by atoms with E-state index in [2.05, 4.69) is 0 Å². The van der Waals surface area contributed by atoms with Crippen molar-refractivity contribution in [3.05, 3.63) is 64.7 Å². The number of amidine groups is 1. The maximum Gasteiger partial charge on any atom is 0.122 e. The normalized spacial score (nSPS) is 11.4. The van der Waals surface area contributed by atoms with Gasteiger partial charge in [0.05, 0.1) is 0 Å². The van der Waals surface area contributed by atoms with Crippen molar-refractivity contribution >= 4 is 17.6 Å². The number of hydrogen-bond acceptors (Lipinski definition) is 3. The van der Waals surface area contributed by atoms with Gasteiger partial charge in [-0.1, -0.05) is 29.8 Å². The van der Waals surface area contributed by atoms with Gasteiger partial charge in [-0.25, -0.2) is 0 Å². The highest BCUT2D eigenvalue weighted by atomic mass is 16.3. The zero-order valence-corrected chi connectivity index (χ0v) is 11.9. The molecular weight excluding hydrogens is 262 g/mol. The van der Waals surface area contributed by atoms with Crippen molar-refractivity contribution in [3.8, 4) is 5.75 Å². The summed E-state index contributed by atoms with van der Waals surface area (Å²) in [4.78, 5) is 0. The smallest absolute Gasteiger partial charge is 0.122 e. The van der Waals surface area contributed by atoms with Gasteiger partial charge in [-0.3, -0.25) is 5.41 Å². The molecule has 6 N–H and O–H groups in total. The van der Waals surface area contributed by atoms with Gasteiger partial charge >= 0.3 is 0 Å². The van der Waals surface area contributed by atoms with Crippen LogP contribution in [0.25, 0.3) is 6.08 Å². The van der Waals surface area contributed by atoms with E-state index in [0.717, 1.165) is 16.8 Å². The van der Waals surface area contributed by atoms with Gasteiger partial charge in [-0.05, 0) is 43.2 Å². The average molecular weight is 281 g/mol.